The molecular weight excluding hydrogens is 236 g/mol. The molecule has 0 saturated heterocycles. The van der Waals surface area contributed by atoms with Crippen molar-refractivity contribution >= 4 is 5.91 Å². The van der Waals surface area contributed by atoms with Crippen molar-refractivity contribution in [3.63, 3.8) is 0 Å². The van der Waals surface area contributed by atoms with Crippen molar-refractivity contribution in [3.8, 4) is 0 Å². The van der Waals surface area contributed by atoms with Crippen molar-refractivity contribution in [2.75, 3.05) is 19.6 Å². The van der Waals surface area contributed by atoms with Crippen molar-refractivity contribution in [2.24, 2.45) is 0 Å². The zero-order valence-corrected chi connectivity index (χ0v) is 12.6. The molecule has 1 amide bonds. The number of likely N-dealkylation sites (N-methyl/N-ethyl adjacent to an activating group) is 1. The predicted molar refractivity (Wildman–Crippen MR) is 79.9 cm³/mol. The van der Waals surface area contributed by atoms with Gasteiger partial charge in [0.05, 0.1) is 6.54 Å². The average molecular weight is 262 g/mol. The second kappa shape index (κ2) is 7.95. The Hall–Kier alpha value is -1.35. The molecular formula is C16H26N2O. The number of hydrogen-bond acceptors (Lipinski definition) is 2. The van der Waals surface area contributed by atoms with Gasteiger partial charge in [-0.2, -0.15) is 0 Å². The fourth-order valence-corrected chi connectivity index (χ4v) is 2.07. The molecule has 0 heterocycles. The van der Waals surface area contributed by atoms with Gasteiger partial charge in [0, 0.05) is 12.6 Å². The summed E-state index contributed by atoms with van der Waals surface area (Å²) >= 11 is 0. The lowest BCUT2D eigenvalue weighted by Gasteiger charge is -2.29. The lowest BCUT2D eigenvalue weighted by Crippen LogP contribution is -2.43. The molecule has 0 radical (unpaired) electrons. The van der Waals surface area contributed by atoms with Gasteiger partial charge in [-0.15, -0.1) is 0 Å². The average Bonchev–Trinajstić information content (AvgIpc) is 2.42. The van der Waals surface area contributed by atoms with Gasteiger partial charge in [-0.1, -0.05) is 44.2 Å². The summed E-state index contributed by atoms with van der Waals surface area (Å²) < 4.78 is 0. The van der Waals surface area contributed by atoms with Crippen LogP contribution in [0.3, 0.4) is 0 Å². The van der Waals surface area contributed by atoms with Crippen molar-refractivity contribution in [3.05, 3.63) is 35.9 Å². The Labute approximate surface area is 117 Å². The maximum Gasteiger partial charge on any atom is 0.237 e. The SMILES string of the molecule is CCN(CC)CC(=O)N(Cc1ccccc1)C(C)C. The number of benzene rings is 1. The smallest absolute Gasteiger partial charge is 0.237 e. The van der Waals surface area contributed by atoms with E-state index in [0.717, 1.165) is 13.1 Å². The third kappa shape index (κ3) is 5.03. The summed E-state index contributed by atoms with van der Waals surface area (Å²) in [6.45, 7) is 11.4. The maximum absolute atomic E-state index is 12.4. The minimum atomic E-state index is 0.211. The van der Waals surface area contributed by atoms with Gasteiger partial charge in [-0.25, -0.2) is 0 Å². The molecule has 0 aliphatic heterocycles. The second-order valence-electron chi connectivity index (χ2n) is 5.06. The van der Waals surface area contributed by atoms with Crippen LogP contribution in [0, 0.1) is 0 Å². The Balaban J connectivity index is 2.69. The molecule has 0 aliphatic carbocycles. The lowest BCUT2D eigenvalue weighted by molar-refractivity contribution is -0.134. The van der Waals surface area contributed by atoms with Gasteiger partial charge in [0.2, 0.25) is 5.91 Å². The summed E-state index contributed by atoms with van der Waals surface area (Å²) in [6, 6.07) is 10.4. The van der Waals surface area contributed by atoms with E-state index >= 15 is 0 Å². The van der Waals surface area contributed by atoms with Gasteiger partial charge < -0.3 is 4.90 Å². The quantitative estimate of drug-likeness (QED) is 0.754. The van der Waals surface area contributed by atoms with Crippen LogP contribution < -0.4 is 0 Å². The highest BCUT2D eigenvalue weighted by atomic mass is 16.2. The molecule has 3 nitrogen and oxygen atoms in total. The molecule has 0 N–H and O–H groups in total. The lowest BCUT2D eigenvalue weighted by atomic mass is 10.2. The summed E-state index contributed by atoms with van der Waals surface area (Å²) in [5, 5.41) is 0. The molecule has 106 valence electrons. The largest absolute Gasteiger partial charge is 0.335 e. The fraction of sp³-hybridized carbons (Fsp3) is 0.562. The molecule has 0 atom stereocenters. The highest BCUT2D eigenvalue weighted by molar-refractivity contribution is 5.78. The number of rotatable bonds is 7. The first kappa shape index (κ1) is 15.7. The van der Waals surface area contributed by atoms with Crippen LogP contribution in [0.4, 0.5) is 0 Å². The Morgan fingerprint density at radius 2 is 1.68 bits per heavy atom. The minimum Gasteiger partial charge on any atom is -0.335 e. The summed E-state index contributed by atoms with van der Waals surface area (Å²) in [5.41, 5.74) is 1.18. The van der Waals surface area contributed by atoms with Crippen LogP contribution in [-0.2, 0) is 11.3 Å². The van der Waals surface area contributed by atoms with Crippen LogP contribution in [0.5, 0.6) is 0 Å². The van der Waals surface area contributed by atoms with Crippen molar-refractivity contribution in [2.45, 2.75) is 40.3 Å². The van der Waals surface area contributed by atoms with Crippen LogP contribution in [0.2, 0.25) is 0 Å². The molecule has 1 aromatic rings. The molecule has 0 aromatic heterocycles. The number of carbonyl (C=O) groups excluding carboxylic acids is 1. The van der Waals surface area contributed by atoms with Gasteiger partial charge >= 0.3 is 0 Å². The van der Waals surface area contributed by atoms with Crippen LogP contribution in [0.15, 0.2) is 30.3 Å². The number of hydrogen-bond donors (Lipinski definition) is 0. The standard InChI is InChI=1S/C16H26N2O/c1-5-17(6-2)13-16(19)18(14(3)4)12-15-10-8-7-9-11-15/h7-11,14H,5-6,12-13H2,1-4H3. The minimum absolute atomic E-state index is 0.211. The molecule has 0 aliphatic rings. The van der Waals surface area contributed by atoms with Gasteiger partial charge in [0.1, 0.15) is 0 Å². The normalized spacial score (nSPS) is 11.1. The zero-order valence-electron chi connectivity index (χ0n) is 12.6. The van der Waals surface area contributed by atoms with Crippen LogP contribution in [0.1, 0.15) is 33.3 Å². The predicted octanol–water partition coefficient (Wildman–Crippen LogP) is 2.77. The fourth-order valence-electron chi connectivity index (χ4n) is 2.07. The molecule has 1 aromatic carbocycles. The van der Waals surface area contributed by atoms with E-state index in [2.05, 4.69) is 44.7 Å². The molecule has 0 bridgehead atoms. The molecule has 0 saturated carbocycles. The van der Waals surface area contributed by atoms with Crippen LogP contribution in [0.25, 0.3) is 0 Å². The first-order valence-corrected chi connectivity index (χ1v) is 7.14. The molecule has 0 unspecified atom stereocenters. The Bertz CT molecular complexity index is 372. The summed E-state index contributed by atoms with van der Waals surface area (Å²) in [4.78, 5) is 16.5. The Morgan fingerprint density at radius 3 is 2.16 bits per heavy atom. The number of nitrogens with zero attached hydrogens (tertiary/aromatic N) is 2. The van der Waals surface area contributed by atoms with Gasteiger partial charge in [0.25, 0.3) is 0 Å². The van der Waals surface area contributed by atoms with E-state index in [1.165, 1.54) is 5.56 Å². The first-order valence-electron chi connectivity index (χ1n) is 7.14. The van der Waals surface area contributed by atoms with Crippen LogP contribution in [-0.4, -0.2) is 41.4 Å². The second-order valence-corrected chi connectivity index (χ2v) is 5.06. The van der Waals surface area contributed by atoms with Crippen LogP contribution >= 0.6 is 0 Å². The van der Waals surface area contributed by atoms with E-state index in [4.69, 9.17) is 0 Å². The number of amides is 1. The maximum atomic E-state index is 12.4. The summed E-state index contributed by atoms with van der Waals surface area (Å²) in [6.07, 6.45) is 0. The highest BCUT2D eigenvalue weighted by Gasteiger charge is 2.18. The Morgan fingerprint density at radius 1 is 1.11 bits per heavy atom. The third-order valence-electron chi connectivity index (χ3n) is 3.39. The first-order chi connectivity index (χ1) is 9.08. The number of carbonyl (C=O) groups is 1. The van der Waals surface area contributed by atoms with Crippen molar-refractivity contribution in [1.82, 2.24) is 9.80 Å². The molecule has 1 rings (SSSR count). The van der Waals surface area contributed by atoms with E-state index in [1.807, 2.05) is 23.1 Å². The summed E-state index contributed by atoms with van der Waals surface area (Å²) in [7, 11) is 0. The summed E-state index contributed by atoms with van der Waals surface area (Å²) in [5.74, 6) is 0.211. The van der Waals surface area contributed by atoms with E-state index in [-0.39, 0.29) is 11.9 Å². The van der Waals surface area contributed by atoms with E-state index in [0.29, 0.717) is 13.1 Å². The zero-order chi connectivity index (χ0) is 14.3. The molecule has 3 heteroatoms. The molecule has 0 spiro atoms. The molecule has 19 heavy (non-hydrogen) atoms. The van der Waals surface area contributed by atoms with Crippen molar-refractivity contribution in [1.29, 1.82) is 0 Å². The monoisotopic (exact) mass is 262 g/mol. The molecule has 0 fully saturated rings. The van der Waals surface area contributed by atoms with E-state index in [9.17, 15) is 4.79 Å². The van der Waals surface area contributed by atoms with E-state index in [1.54, 1.807) is 0 Å². The Kier molecular flexibility index (Phi) is 6.57. The topological polar surface area (TPSA) is 23.6 Å². The van der Waals surface area contributed by atoms with Gasteiger partial charge in [0.15, 0.2) is 0 Å². The third-order valence-corrected chi connectivity index (χ3v) is 3.39. The van der Waals surface area contributed by atoms with Gasteiger partial charge in [-0.05, 0) is 32.5 Å². The van der Waals surface area contributed by atoms with E-state index < -0.39 is 0 Å². The van der Waals surface area contributed by atoms with Gasteiger partial charge in [-0.3, -0.25) is 9.69 Å². The highest BCUT2D eigenvalue weighted by Crippen LogP contribution is 2.09. The van der Waals surface area contributed by atoms with Crippen molar-refractivity contribution < 1.29 is 4.79 Å².